The van der Waals surface area contributed by atoms with E-state index in [0.29, 0.717) is 28.7 Å². The summed E-state index contributed by atoms with van der Waals surface area (Å²) in [7, 11) is 2.18. The maximum absolute atomic E-state index is 12.5. The second-order valence-corrected chi connectivity index (χ2v) is 8.49. The van der Waals surface area contributed by atoms with Crippen LogP contribution in [0.2, 0.25) is 5.02 Å². The fourth-order valence-corrected chi connectivity index (χ4v) is 3.95. The van der Waals surface area contributed by atoms with E-state index in [9.17, 15) is 14.4 Å². The van der Waals surface area contributed by atoms with Crippen molar-refractivity contribution in [3.63, 3.8) is 0 Å². The summed E-state index contributed by atoms with van der Waals surface area (Å²) in [6.07, 6.45) is 5.59. The lowest BCUT2D eigenvalue weighted by Crippen LogP contribution is -2.29. The number of aliphatic carboxylic acids is 2. The number of carboxylic acids is 2. The van der Waals surface area contributed by atoms with Gasteiger partial charge in [-0.1, -0.05) is 11.6 Å². The molecular formula is C25H26ClN3O5. The Morgan fingerprint density at radius 3 is 2.24 bits per heavy atom. The number of carbonyl (C=O) groups is 3. The molecule has 1 amide bonds. The molecular weight excluding hydrogens is 458 g/mol. The van der Waals surface area contributed by atoms with Crippen LogP contribution in [0.1, 0.15) is 34.7 Å². The number of anilines is 1. The molecule has 3 aromatic rings. The first-order valence-electron chi connectivity index (χ1n) is 10.7. The van der Waals surface area contributed by atoms with Gasteiger partial charge in [-0.15, -0.1) is 0 Å². The van der Waals surface area contributed by atoms with E-state index in [2.05, 4.69) is 34.5 Å². The molecule has 178 valence electrons. The van der Waals surface area contributed by atoms with Crippen LogP contribution < -0.4 is 5.32 Å². The Kier molecular flexibility index (Phi) is 8.45. The first kappa shape index (κ1) is 25.0. The third kappa shape index (κ3) is 6.94. The quantitative estimate of drug-likeness (QED) is 0.393. The van der Waals surface area contributed by atoms with Crippen LogP contribution >= 0.6 is 11.6 Å². The summed E-state index contributed by atoms with van der Waals surface area (Å²) in [5.74, 6) is -2.07. The van der Waals surface area contributed by atoms with Gasteiger partial charge in [-0.3, -0.25) is 4.79 Å². The lowest BCUT2D eigenvalue weighted by atomic mass is 9.89. The molecule has 1 saturated heterocycles. The maximum atomic E-state index is 12.5. The van der Waals surface area contributed by atoms with Crippen LogP contribution in [0, 0.1) is 0 Å². The van der Waals surface area contributed by atoms with Crippen molar-refractivity contribution in [3.8, 4) is 0 Å². The molecule has 0 aliphatic carbocycles. The number of halogens is 1. The van der Waals surface area contributed by atoms with Crippen molar-refractivity contribution in [1.82, 2.24) is 9.88 Å². The number of hydrogen-bond donors (Lipinski definition) is 4. The van der Waals surface area contributed by atoms with Crippen molar-refractivity contribution in [3.05, 3.63) is 77.0 Å². The van der Waals surface area contributed by atoms with E-state index in [4.69, 9.17) is 21.8 Å². The summed E-state index contributed by atoms with van der Waals surface area (Å²) in [4.78, 5) is 37.3. The molecule has 34 heavy (non-hydrogen) atoms. The number of hydrogen-bond acceptors (Lipinski definition) is 4. The number of amides is 1. The van der Waals surface area contributed by atoms with E-state index < -0.39 is 11.9 Å². The van der Waals surface area contributed by atoms with Gasteiger partial charge in [0.2, 0.25) is 0 Å². The van der Waals surface area contributed by atoms with Gasteiger partial charge in [0, 0.05) is 45.5 Å². The summed E-state index contributed by atoms with van der Waals surface area (Å²) in [5.41, 5.74) is 3.88. The van der Waals surface area contributed by atoms with Crippen LogP contribution in [0.15, 0.2) is 60.8 Å². The molecule has 8 nitrogen and oxygen atoms in total. The van der Waals surface area contributed by atoms with E-state index in [1.807, 2.05) is 12.1 Å². The van der Waals surface area contributed by atoms with Crippen molar-refractivity contribution < 1.29 is 24.6 Å². The molecule has 0 unspecified atom stereocenters. The molecule has 0 saturated carbocycles. The highest BCUT2D eigenvalue weighted by molar-refractivity contribution is 6.30. The predicted molar refractivity (Wildman–Crippen MR) is 132 cm³/mol. The smallest absolute Gasteiger partial charge is 0.328 e. The van der Waals surface area contributed by atoms with Gasteiger partial charge in [0.15, 0.2) is 0 Å². The number of nitrogens with one attached hydrogen (secondary N) is 2. The second kappa shape index (κ2) is 11.5. The first-order valence-corrected chi connectivity index (χ1v) is 11.1. The SMILES string of the molecule is CN1CCC(c2c[nH]c3ccc(NC(=O)c4ccc(Cl)cc4)cc23)CC1.O=C(O)/C=C/C(=O)O. The van der Waals surface area contributed by atoms with Gasteiger partial charge < -0.3 is 25.4 Å². The molecule has 2 aromatic carbocycles. The molecule has 4 rings (SSSR count). The van der Waals surface area contributed by atoms with Crippen molar-refractivity contribution in [1.29, 1.82) is 0 Å². The standard InChI is InChI=1S/C21H22ClN3O.C4H4O4/c1-25-10-8-14(9-11-25)19-13-23-20-7-6-17(12-18(19)20)24-21(26)15-2-4-16(22)5-3-15;5-3(6)1-2-4(7)8/h2-7,12-14,23H,8-11H2,1H3,(H,24,26);1-2H,(H,5,6)(H,7,8)/b;2-1+. The van der Waals surface area contributed by atoms with Gasteiger partial charge in [-0.25, -0.2) is 9.59 Å². The van der Waals surface area contributed by atoms with Gasteiger partial charge in [0.05, 0.1) is 0 Å². The average molecular weight is 484 g/mol. The zero-order chi connectivity index (χ0) is 24.7. The molecule has 2 heterocycles. The van der Waals surface area contributed by atoms with Crippen LogP contribution in [0.25, 0.3) is 10.9 Å². The number of carbonyl (C=O) groups excluding carboxylic acids is 1. The van der Waals surface area contributed by atoms with Crippen LogP contribution in [0.4, 0.5) is 5.69 Å². The fourth-order valence-electron chi connectivity index (χ4n) is 3.82. The molecule has 0 bridgehead atoms. The third-order valence-corrected chi connectivity index (χ3v) is 5.86. The average Bonchev–Trinajstić information content (AvgIpc) is 3.22. The molecule has 1 fully saturated rings. The Morgan fingerprint density at radius 1 is 1.03 bits per heavy atom. The first-order chi connectivity index (χ1) is 16.2. The number of aromatic nitrogens is 1. The highest BCUT2D eigenvalue weighted by Crippen LogP contribution is 2.34. The summed E-state index contributed by atoms with van der Waals surface area (Å²) >= 11 is 5.89. The lowest BCUT2D eigenvalue weighted by molar-refractivity contribution is -0.134. The van der Waals surface area contributed by atoms with Crippen molar-refractivity contribution in [2.45, 2.75) is 18.8 Å². The van der Waals surface area contributed by atoms with Gasteiger partial charge in [0.1, 0.15) is 0 Å². The molecule has 4 N–H and O–H groups in total. The zero-order valence-electron chi connectivity index (χ0n) is 18.6. The number of H-pyrrole nitrogens is 1. The summed E-state index contributed by atoms with van der Waals surface area (Å²) < 4.78 is 0. The summed E-state index contributed by atoms with van der Waals surface area (Å²) in [6.45, 7) is 2.26. The second-order valence-electron chi connectivity index (χ2n) is 8.05. The van der Waals surface area contributed by atoms with Crippen molar-refractivity contribution in [2.24, 2.45) is 0 Å². The minimum atomic E-state index is -1.26. The van der Waals surface area contributed by atoms with Crippen LogP contribution in [-0.4, -0.2) is 58.1 Å². The van der Waals surface area contributed by atoms with E-state index in [1.165, 1.54) is 23.8 Å². The third-order valence-electron chi connectivity index (χ3n) is 5.60. The predicted octanol–water partition coefficient (Wildman–Crippen LogP) is 4.59. The number of carboxylic acid groups (broad SMARTS) is 2. The van der Waals surface area contributed by atoms with Crippen molar-refractivity contribution >= 4 is 46.0 Å². The van der Waals surface area contributed by atoms with E-state index in [0.717, 1.165) is 24.3 Å². The minimum Gasteiger partial charge on any atom is -0.478 e. The minimum absolute atomic E-state index is 0.127. The number of rotatable bonds is 5. The molecule has 0 atom stereocenters. The number of fused-ring (bicyclic) bond motifs is 1. The zero-order valence-corrected chi connectivity index (χ0v) is 19.4. The molecule has 0 spiro atoms. The molecule has 1 aromatic heterocycles. The number of aromatic amines is 1. The Morgan fingerprint density at radius 2 is 1.65 bits per heavy atom. The van der Waals surface area contributed by atoms with Crippen LogP contribution in [0.3, 0.4) is 0 Å². The number of nitrogens with zero attached hydrogens (tertiary/aromatic N) is 1. The van der Waals surface area contributed by atoms with E-state index >= 15 is 0 Å². The molecule has 1 aliphatic heterocycles. The largest absolute Gasteiger partial charge is 0.478 e. The van der Waals surface area contributed by atoms with Crippen LogP contribution in [0.5, 0.6) is 0 Å². The molecule has 0 radical (unpaired) electrons. The van der Waals surface area contributed by atoms with E-state index in [1.54, 1.807) is 24.3 Å². The topological polar surface area (TPSA) is 123 Å². The number of benzene rings is 2. The maximum Gasteiger partial charge on any atom is 0.328 e. The van der Waals surface area contributed by atoms with Gasteiger partial charge in [-0.2, -0.15) is 0 Å². The highest BCUT2D eigenvalue weighted by atomic mass is 35.5. The van der Waals surface area contributed by atoms with Gasteiger partial charge >= 0.3 is 11.9 Å². The van der Waals surface area contributed by atoms with Gasteiger partial charge in [-0.05, 0) is 86.9 Å². The Balaban J connectivity index is 0.000000350. The Bertz CT molecular complexity index is 1180. The van der Waals surface area contributed by atoms with E-state index in [-0.39, 0.29) is 5.91 Å². The Hall–Kier alpha value is -3.62. The fraction of sp³-hybridized carbons (Fsp3) is 0.240. The van der Waals surface area contributed by atoms with Gasteiger partial charge in [0.25, 0.3) is 5.91 Å². The summed E-state index contributed by atoms with van der Waals surface area (Å²) in [5, 5.41) is 20.4. The summed E-state index contributed by atoms with van der Waals surface area (Å²) in [6, 6.07) is 13.0. The Labute approximate surface area is 201 Å². The number of piperidine rings is 1. The number of likely N-dealkylation sites (tertiary alicyclic amines) is 1. The van der Waals surface area contributed by atoms with Crippen LogP contribution in [-0.2, 0) is 9.59 Å². The monoisotopic (exact) mass is 483 g/mol. The van der Waals surface area contributed by atoms with Crippen molar-refractivity contribution in [2.75, 3.05) is 25.5 Å². The lowest BCUT2D eigenvalue weighted by Gasteiger charge is -2.28. The molecule has 1 aliphatic rings. The molecule has 9 heteroatoms. The highest BCUT2D eigenvalue weighted by Gasteiger charge is 2.21. The normalized spacial score (nSPS) is 14.5.